The third kappa shape index (κ3) is 3.57. The maximum atomic E-state index is 13.5. The Morgan fingerprint density at radius 2 is 1.90 bits per heavy atom. The van der Waals surface area contributed by atoms with E-state index in [0.29, 0.717) is 12.0 Å². The predicted molar refractivity (Wildman–Crippen MR) is 113 cm³/mol. The molecule has 0 aliphatic heterocycles. The van der Waals surface area contributed by atoms with Gasteiger partial charge in [-0.2, -0.15) is 0 Å². The lowest BCUT2D eigenvalue weighted by molar-refractivity contribution is -0.122. The summed E-state index contributed by atoms with van der Waals surface area (Å²) in [6.45, 7) is 6.15. The molecular weight excluding hydrogens is 364 g/mol. The van der Waals surface area contributed by atoms with Gasteiger partial charge in [-0.05, 0) is 30.0 Å². The molecule has 0 saturated heterocycles. The highest BCUT2D eigenvalue weighted by atomic mass is 16.2. The van der Waals surface area contributed by atoms with Crippen molar-refractivity contribution in [3.05, 3.63) is 64.7 Å². The fourth-order valence-electron chi connectivity index (χ4n) is 3.77. The van der Waals surface area contributed by atoms with Crippen molar-refractivity contribution >= 4 is 23.2 Å². The molecule has 1 amide bonds. The Kier molecular flexibility index (Phi) is 5.87. The minimum Gasteiger partial charge on any atom is -0.398 e. The molecule has 2 aromatic rings. The lowest BCUT2D eigenvalue weighted by atomic mass is 9.83. The van der Waals surface area contributed by atoms with Crippen molar-refractivity contribution in [2.24, 2.45) is 0 Å². The molecule has 0 aromatic heterocycles. The molecule has 5 heteroatoms. The highest BCUT2D eigenvalue weighted by Gasteiger charge is 2.56. The van der Waals surface area contributed by atoms with Crippen LogP contribution in [-0.2, 0) is 10.3 Å². The van der Waals surface area contributed by atoms with Crippen molar-refractivity contribution in [2.75, 3.05) is 5.73 Å². The van der Waals surface area contributed by atoms with Gasteiger partial charge in [0.1, 0.15) is 0 Å². The summed E-state index contributed by atoms with van der Waals surface area (Å²) in [6, 6.07) is 13.3. The number of nitrogens with one attached hydrogen (secondary N) is 1. The Labute approximate surface area is 171 Å². The van der Waals surface area contributed by atoms with E-state index in [4.69, 9.17) is 5.73 Å². The number of unbranched alkanes of at least 4 members (excludes halogenated alkanes) is 2. The zero-order chi connectivity index (χ0) is 21.2. The molecule has 0 spiro atoms. The van der Waals surface area contributed by atoms with Crippen LogP contribution >= 0.6 is 0 Å². The number of Topliss-reactive ketones (excluding diaryl/α,β-unsaturated/α-hetero) is 2. The summed E-state index contributed by atoms with van der Waals surface area (Å²) < 4.78 is 0. The maximum absolute atomic E-state index is 13.5. The van der Waals surface area contributed by atoms with E-state index >= 15 is 0 Å². The molecule has 0 heterocycles. The maximum Gasteiger partial charge on any atom is 0.221 e. The lowest BCUT2D eigenvalue weighted by Crippen LogP contribution is -2.54. The van der Waals surface area contributed by atoms with Crippen LogP contribution in [-0.4, -0.2) is 17.5 Å². The van der Waals surface area contributed by atoms with Crippen LogP contribution in [0.3, 0.4) is 0 Å². The fraction of sp³-hybridized carbons (Fsp3) is 0.375. The van der Waals surface area contributed by atoms with Gasteiger partial charge in [0, 0.05) is 23.2 Å². The van der Waals surface area contributed by atoms with Crippen molar-refractivity contribution in [2.45, 2.75) is 57.9 Å². The summed E-state index contributed by atoms with van der Waals surface area (Å²) in [5.41, 5.74) is 6.24. The van der Waals surface area contributed by atoms with Gasteiger partial charge in [0.2, 0.25) is 17.5 Å². The van der Waals surface area contributed by atoms with Gasteiger partial charge in [0.25, 0.3) is 0 Å². The number of carbonyl (C=O) groups is 3. The molecule has 1 atom stereocenters. The van der Waals surface area contributed by atoms with Gasteiger partial charge in [0.15, 0.2) is 5.54 Å². The molecule has 0 fully saturated rings. The van der Waals surface area contributed by atoms with Crippen molar-refractivity contribution in [1.29, 1.82) is 0 Å². The van der Waals surface area contributed by atoms with Gasteiger partial charge in [0.05, 0.1) is 5.56 Å². The summed E-state index contributed by atoms with van der Waals surface area (Å²) in [5, 5.41) is 2.77. The van der Waals surface area contributed by atoms with Crippen LogP contribution in [0.2, 0.25) is 0 Å². The molecule has 1 radical (unpaired) electrons. The van der Waals surface area contributed by atoms with Crippen LogP contribution < -0.4 is 11.1 Å². The Morgan fingerprint density at radius 3 is 2.48 bits per heavy atom. The highest BCUT2D eigenvalue weighted by molar-refractivity contribution is 6.35. The monoisotopic (exact) mass is 391 g/mol. The van der Waals surface area contributed by atoms with Crippen molar-refractivity contribution in [1.82, 2.24) is 5.32 Å². The van der Waals surface area contributed by atoms with E-state index in [1.807, 2.05) is 13.0 Å². The molecule has 1 aliphatic carbocycles. The standard InChI is InChI=1S/C24H27N2O3/c1-4-5-6-10-20(27)26-24(17-13-11-16(12-14-17)15(2)3)22(28)18-8-7-9-19(25)21(18)23(24)29/h7-9,11-13,15H,4-6,10,25H2,1-3H3,(H,26,27). The molecular formula is C24H27N2O3. The van der Waals surface area contributed by atoms with Crippen LogP contribution in [0.25, 0.3) is 0 Å². The van der Waals surface area contributed by atoms with E-state index in [-0.39, 0.29) is 35.1 Å². The first-order valence-electron chi connectivity index (χ1n) is 10.1. The summed E-state index contributed by atoms with van der Waals surface area (Å²) in [6.07, 6.45) is 2.84. The minimum atomic E-state index is -1.81. The Morgan fingerprint density at radius 1 is 1.14 bits per heavy atom. The van der Waals surface area contributed by atoms with Crippen LogP contribution in [0, 0.1) is 6.07 Å². The second-order valence-corrected chi connectivity index (χ2v) is 7.87. The number of anilines is 1. The number of nitrogen functional groups attached to an aromatic ring is 1. The molecule has 1 aliphatic rings. The number of carbonyl (C=O) groups excluding carboxylic acids is 3. The van der Waals surface area contributed by atoms with E-state index in [0.717, 1.165) is 18.4 Å². The van der Waals surface area contributed by atoms with E-state index in [1.165, 1.54) is 0 Å². The predicted octanol–water partition coefficient (Wildman–Crippen LogP) is 4.16. The molecule has 5 nitrogen and oxygen atoms in total. The third-order valence-corrected chi connectivity index (χ3v) is 5.49. The van der Waals surface area contributed by atoms with Gasteiger partial charge < -0.3 is 11.1 Å². The summed E-state index contributed by atoms with van der Waals surface area (Å²) in [5.74, 6) is -0.995. The lowest BCUT2D eigenvalue weighted by Gasteiger charge is -2.28. The van der Waals surface area contributed by atoms with E-state index in [9.17, 15) is 14.4 Å². The smallest absolute Gasteiger partial charge is 0.221 e. The second-order valence-electron chi connectivity index (χ2n) is 7.87. The molecule has 0 bridgehead atoms. The zero-order valence-electron chi connectivity index (χ0n) is 17.2. The first-order chi connectivity index (χ1) is 13.8. The Bertz CT molecular complexity index is 947. The van der Waals surface area contributed by atoms with Gasteiger partial charge in [-0.3, -0.25) is 14.4 Å². The summed E-state index contributed by atoms with van der Waals surface area (Å²) in [7, 11) is 0. The minimum absolute atomic E-state index is 0.174. The van der Waals surface area contributed by atoms with Crippen molar-refractivity contribution in [3.8, 4) is 0 Å². The molecule has 1 unspecified atom stereocenters. The summed E-state index contributed by atoms with van der Waals surface area (Å²) >= 11 is 0. The number of ketones is 2. The first kappa shape index (κ1) is 20.8. The van der Waals surface area contributed by atoms with Crippen LogP contribution in [0.1, 0.15) is 84.2 Å². The van der Waals surface area contributed by atoms with Crippen LogP contribution in [0.15, 0.2) is 36.4 Å². The fourth-order valence-corrected chi connectivity index (χ4v) is 3.77. The largest absolute Gasteiger partial charge is 0.398 e. The number of fused-ring (bicyclic) bond motifs is 1. The van der Waals surface area contributed by atoms with Crippen molar-refractivity contribution in [3.63, 3.8) is 0 Å². The van der Waals surface area contributed by atoms with E-state index < -0.39 is 17.1 Å². The first-order valence-corrected chi connectivity index (χ1v) is 10.1. The van der Waals surface area contributed by atoms with Gasteiger partial charge in [-0.1, -0.05) is 63.9 Å². The van der Waals surface area contributed by atoms with Gasteiger partial charge >= 0.3 is 0 Å². The number of benzene rings is 2. The third-order valence-electron chi connectivity index (χ3n) is 5.49. The van der Waals surface area contributed by atoms with E-state index in [2.05, 4.69) is 25.2 Å². The Hall–Kier alpha value is -2.95. The van der Waals surface area contributed by atoms with Crippen LogP contribution in [0.5, 0.6) is 0 Å². The molecule has 151 valence electrons. The average molecular weight is 391 g/mol. The SMILES string of the molecule is CCCCCC(=O)NC1(c2[c]cc(C(C)C)cc2)C(=O)c2cccc(N)c2C1=O. The topological polar surface area (TPSA) is 89.3 Å². The van der Waals surface area contributed by atoms with E-state index in [1.54, 1.807) is 30.3 Å². The van der Waals surface area contributed by atoms with Crippen molar-refractivity contribution < 1.29 is 14.4 Å². The number of hydrogen-bond donors (Lipinski definition) is 2. The average Bonchev–Trinajstić information content (AvgIpc) is 2.92. The number of rotatable bonds is 7. The highest BCUT2D eigenvalue weighted by Crippen LogP contribution is 2.40. The molecule has 3 rings (SSSR count). The quantitative estimate of drug-likeness (QED) is 0.421. The molecule has 29 heavy (non-hydrogen) atoms. The normalized spacial score (nSPS) is 18.2. The number of amides is 1. The summed E-state index contributed by atoms with van der Waals surface area (Å²) in [4.78, 5) is 39.6. The molecule has 2 aromatic carbocycles. The van der Waals surface area contributed by atoms with Crippen LogP contribution in [0.4, 0.5) is 5.69 Å². The Balaban J connectivity index is 2.08. The van der Waals surface area contributed by atoms with Gasteiger partial charge in [-0.15, -0.1) is 0 Å². The number of hydrogen-bond acceptors (Lipinski definition) is 4. The molecule has 0 saturated carbocycles. The number of nitrogens with two attached hydrogens (primary N) is 1. The molecule has 3 N–H and O–H groups in total. The van der Waals surface area contributed by atoms with Gasteiger partial charge in [-0.25, -0.2) is 0 Å². The second kappa shape index (κ2) is 8.19. The zero-order valence-corrected chi connectivity index (χ0v) is 17.2.